The van der Waals surface area contributed by atoms with Crippen molar-refractivity contribution in [2.45, 2.75) is 25.8 Å². The molecule has 0 bridgehead atoms. The highest BCUT2D eigenvalue weighted by Crippen LogP contribution is 2.38. The Morgan fingerprint density at radius 1 is 1.31 bits per heavy atom. The molecule has 3 amide bonds. The van der Waals surface area contributed by atoms with Crippen molar-refractivity contribution in [2.75, 3.05) is 17.6 Å². The summed E-state index contributed by atoms with van der Waals surface area (Å²) in [5, 5.41) is 9.93. The van der Waals surface area contributed by atoms with Crippen molar-refractivity contribution >= 4 is 46.6 Å². The second kappa shape index (κ2) is 8.39. The number of piperidine rings is 1. The summed E-state index contributed by atoms with van der Waals surface area (Å²) in [6.07, 6.45) is 5.43. The van der Waals surface area contributed by atoms with Gasteiger partial charge in [-0.15, -0.1) is 11.3 Å². The van der Waals surface area contributed by atoms with Crippen LogP contribution in [0, 0.1) is 11.3 Å². The van der Waals surface area contributed by atoms with E-state index in [1.807, 2.05) is 6.92 Å². The molecule has 3 rings (SSSR count). The van der Waals surface area contributed by atoms with Crippen molar-refractivity contribution in [3.05, 3.63) is 39.8 Å². The first-order valence-corrected chi connectivity index (χ1v) is 9.88. The number of rotatable bonds is 4. The van der Waals surface area contributed by atoms with Gasteiger partial charge < -0.3 is 27.1 Å². The molecule has 1 fully saturated rings. The van der Waals surface area contributed by atoms with Crippen LogP contribution in [0.1, 0.15) is 45.9 Å². The maximum atomic E-state index is 12.9. The number of carbonyl (C=O) groups is 3. The number of hydrogen-bond acceptors (Lipinski definition) is 7. The number of nitrogens with zero attached hydrogens (tertiary/aromatic N) is 2. The number of aromatic nitrogens is 1. The summed E-state index contributed by atoms with van der Waals surface area (Å²) in [4.78, 5) is 43.7. The van der Waals surface area contributed by atoms with Crippen molar-refractivity contribution in [3.63, 3.8) is 0 Å². The summed E-state index contributed by atoms with van der Waals surface area (Å²) in [5.41, 5.74) is 12.0. The summed E-state index contributed by atoms with van der Waals surface area (Å²) < 4.78 is 0. The van der Waals surface area contributed by atoms with Gasteiger partial charge in [0.15, 0.2) is 0 Å². The fraction of sp³-hybridized carbons (Fsp3) is 0.316. The van der Waals surface area contributed by atoms with Crippen LogP contribution in [-0.4, -0.2) is 40.4 Å². The first-order chi connectivity index (χ1) is 13.8. The highest BCUT2D eigenvalue weighted by atomic mass is 32.1. The van der Waals surface area contributed by atoms with Gasteiger partial charge >= 0.3 is 11.8 Å². The fourth-order valence-corrected chi connectivity index (χ4v) is 4.40. The Morgan fingerprint density at radius 3 is 2.72 bits per heavy atom. The predicted molar refractivity (Wildman–Crippen MR) is 111 cm³/mol. The van der Waals surface area contributed by atoms with Gasteiger partial charge in [-0.1, -0.05) is 6.92 Å². The SMILES string of the molecule is C[C@H]1CCC(c2cc(N)c(C=N)s2)N(C(=O)C(=O)Nc2cncc(C(N)=O)c2)C1. The van der Waals surface area contributed by atoms with E-state index in [0.717, 1.165) is 11.3 Å². The van der Waals surface area contributed by atoms with Crippen LogP contribution in [0.5, 0.6) is 0 Å². The maximum Gasteiger partial charge on any atom is 0.313 e. The van der Waals surface area contributed by atoms with Gasteiger partial charge in [0.25, 0.3) is 0 Å². The van der Waals surface area contributed by atoms with Crippen LogP contribution in [0.15, 0.2) is 24.5 Å². The lowest BCUT2D eigenvalue weighted by Gasteiger charge is -2.37. The van der Waals surface area contributed by atoms with Gasteiger partial charge in [-0.25, -0.2) is 0 Å². The van der Waals surface area contributed by atoms with Crippen molar-refractivity contribution in [2.24, 2.45) is 11.7 Å². The van der Waals surface area contributed by atoms with Crippen LogP contribution in [-0.2, 0) is 9.59 Å². The Labute approximate surface area is 171 Å². The van der Waals surface area contributed by atoms with E-state index in [1.165, 1.54) is 36.0 Å². The van der Waals surface area contributed by atoms with Crippen LogP contribution in [0.25, 0.3) is 0 Å². The van der Waals surface area contributed by atoms with Crippen molar-refractivity contribution < 1.29 is 14.4 Å². The molecular formula is C19H22N6O3S. The molecule has 2 aromatic heterocycles. The third kappa shape index (κ3) is 4.43. The molecule has 1 saturated heterocycles. The lowest BCUT2D eigenvalue weighted by atomic mass is 9.93. The standard InChI is InChI=1S/C19H22N6O3S/c1-10-2-3-14(15-5-13(21)16(6-20)29-15)25(9-10)19(28)18(27)24-12-4-11(17(22)26)7-23-8-12/h4-8,10,14,20H,2-3,9,21H2,1H3,(H2,22,26)(H,24,27)/t10-,14?/m0/s1. The summed E-state index contributed by atoms with van der Waals surface area (Å²) in [5.74, 6) is -1.91. The Hall–Kier alpha value is -3.27. The van der Waals surface area contributed by atoms with E-state index in [2.05, 4.69) is 10.3 Å². The maximum absolute atomic E-state index is 12.9. The Morgan fingerprint density at radius 2 is 2.07 bits per heavy atom. The van der Waals surface area contributed by atoms with Gasteiger partial charge in [0.2, 0.25) is 5.91 Å². The van der Waals surface area contributed by atoms with Gasteiger partial charge in [0.1, 0.15) is 0 Å². The van der Waals surface area contributed by atoms with Gasteiger partial charge in [-0.05, 0) is 30.9 Å². The Kier molecular flexibility index (Phi) is 5.92. The first-order valence-electron chi connectivity index (χ1n) is 9.06. The minimum Gasteiger partial charge on any atom is -0.398 e. The smallest absolute Gasteiger partial charge is 0.313 e. The van der Waals surface area contributed by atoms with Crippen molar-refractivity contribution in [1.82, 2.24) is 9.88 Å². The number of carbonyl (C=O) groups excluding carboxylic acids is 3. The van der Waals surface area contributed by atoms with E-state index >= 15 is 0 Å². The molecule has 0 spiro atoms. The molecule has 9 nitrogen and oxygen atoms in total. The van der Waals surface area contributed by atoms with Gasteiger partial charge in [-0.2, -0.15) is 0 Å². The van der Waals surface area contributed by atoms with E-state index in [0.29, 0.717) is 23.5 Å². The molecule has 1 unspecified atom stereocenters. The summed E-state index contributed by atoms with van der Waals surface area (Å²) in [7, 11) is 0. The number of primary amides is 1. The molecular weight excluding hydrogens is 392 g/mol. The molecule has 0 aromatic carbocycles. The molecule has 0 saturated carbocycles. The van der Waals surface area contributed by atoms with E-state index in [-0.39, 0.29) is 23.2 Å². The molecule has 10 heteroatoms. The molecule has 0 radical (unpaired) electrons. The Balaban J connectivity index is 1.81. The number of thiophene rings is 1. The number of anilines is 2. The molecule has 1 aliphatic heterocycles. The van der Waals surface area contributed by atoms with E-state index in [4.69, 9.17) is 16.9 Å². The summed E-state index contributed by atoms with van der Waals surface area (Å²) in [6.45, 7) is 2.47. The number of pyridine rings is 1. The normalized spacial score (nSPS) is 18.9. The zero-order chi connectivity index (χ0) is 21.1. The number of hydrogen-bond donors (Lipinski definition) is 4. The first kappa shape index (κ1) is 20.5. The summed E-state index contributed by atoms with van der Waals surface area (Å²) >= 11 is 1.35. The molecule has 3 heterocycles. The highest BCUT2D eigenvalue weighted by molar-refractivity contribution is 7.14. The van der Waals surface area contributed by atoms with Crippen molar-refractivity contribution in [3.8, 4) is 0 Å². The van der Waals surface area contributed by atoms with Crippen LogP contribution in [0.3, 0.4) is 0 Å². The number of amides is 3. The topological polar surface area (TPSA) is 155 Å². The fourth-order valence-electron chi connectivity index (χ4n) is 3.35. The highest BCUT2D eigenvalue weighted by Gasteiger charge is 2.35. The number of likely N-dealkylation sites (tertiary alicyclic amines) is 1. The average Bonchev–Trinajstić information content (AvgIpc) is 3.07. The van der Waals surface area contributed by atoms with E-state index < -0.39 is 17.7 Å². The van der Waals surface area contributed by atoms with Gasteiger partial charge in [0.05, 0.1) is 34.1 Å². The lowest BCUT2D eigenvalue weighted by Crippen LogP contribution is -2.46. The minimum atomic E-state index is -0.815. The van der Waals surface area contributed by atoms with Crippen LogP contribution < -0.4 is 16.8 Å². The largest absolute Gasteiger partial charge is 0.398 e. The van der Waals surface area contributed by atoms with E-state index in [9.17, 15) is 14.4 Å². The summed E-state index contributed by atoms with van der Waals surface area (Å²) in [6, 6.07) is 2.86. The average molecular weight is 414 g/mol. The second-order valence-corrected chi connectivity index (χ2v) is 8.16. The molecule has 0 aliphatic carbocycles. The third-order valence-electron chi connectivity index (χ3n) is 4.82. The number of nitrogens with one attached hydrogen (secondary N) is 2. The molecule has 152 valence electrons. The van der Waals surface area contributed by atoms with Crippen LogP contribution in [0.2, 0.25) is 0 Å². The van der Waals surface area contributed by atoms with Crippen LogP contribution in [0.4, 0.5) is 11.4 Å². The molecule has 1 aliphatic rings. The monoisotopic (exact) mass is 414 g/mol. The lowest BCUT2D eigenvalue weighted by molar-refractivity contribution is -0.146. The van der Waals surface area contributed by atoms with Crippen LogP contribution >= 0.6 is 11.3 Å². The molecule has 2 atom stereocenters. The predicted octanol–water partition coefficient (Wildman–Crippen LogP) is 1.76. The molecule has 6 N–H and O–H groups in total. The number of nitrogen functional groups attached to an aromatic ring is 1. The zero-order valence-electron chi connectivity index (χ0n) is 15.8. The molecule has 29 heavy (non-hydrogen) atoms. The molecule has 2 aromatic rings. The number of nitrogens with two attached hydrogens (primary N) is 2. The third-order valence-corrected chi connectivity index (χ3v) is 6.02. The minimum absolute atomic E-state index is 0.132. The second-order valence-electron chi connectivity index (χ2n) is 7.05. The van der Waals surface area contributed by atoms with Gasteiger partial charge in [0, 0.05) is 23.8 Å². The van der Waals surface area contributed by atoms with Gasteiger partial charge in [-0.3, -0.25) is 19.4 Å². The quantitative estimate of drug-likeness (QED) is 0.443. The zero-order valence-corrected chi connectivity index (χ0v) is 16.7. The van der Waals surface area contributed by atoms with E-state index in [1.54, 1.807) is 11.0 Å². The Bertz CT molecular complexity index is 973. The van der Waals surface area contributed by atoms with Crippen molar-refractivity contribution in [1.29, 1.82) is 5.41 Å².